The summed E-state index contributed by atoms with van der Waals surface area (Å²) < 4.78 is 1.84. The van der Waals surface area contributed by atoms with Crippen LogP contribution in [0.2, 0.25) is 0 Å². The molecule has 2 heterocycles. The Morgan fingerprint density at radius 3 is 2.88 bits per heavy atom. The van der Waals surface area contributed by atoms with Crippen LogP contribution in [0, 0.1) is 0 Å². The van der Waals surface area contributed by atoms with E-state index in [-0.39, 0.29) is 6.03 Å². The zero-order valence-electron chi connectivity index (χ0n) is 9.65. The number of nitrogens with one attached hydrogen (secondary N) is 1. The van der Waals surface area contributed by atoms with E-state index in [0.717, 1.165) is 38.0 Å². The van der Waals surface area contributed by atoms with Crippen molar-refractivity contribution >= 4 is 6.03 Å². The molecule has 5 heteroatoms. The van der Waals surface area contributed by atoms with Crippen molar-refractivity contribution < 1.29 is 4.79 Å². The highest BCUT2D eigenvalue weighted by Crippen LogP contribution is 2.06. The number of hydrogen-bond donors (Lipinski definition) is 1. The molecule has 1 aliphatic heterocycles. The first kappa shape index (κ1) is 11.0. The van der Waals surface area contributed by atoms with Crippen molar-refractivity contribution in [2.45, 2.75) is 19.3 Å². The van der Waals surface area contributed by atoms with Crippen LogP contribution in [0.25, 0.3) is 0 Å². The van der Waals surface area contributed by atoms with Gasteiger partial charge in [0.05, 0.1) is 0 Å². The van der Waals surface area contributed by atoms with E-state index in [4.69, 9.17) is 0 Å². The molecule has 88 valence electrons. The predicted octanol–water partition coefficient (Wildman–Crippen LogP) is 0.768. The molecule has 0 aliphatic carbocycles. The fourth-order valence-corrected chi connectivity index (χ4v) is 1.98. The number of aromatic nitrogens is 2. The number of aryl methyl sites for hydroxylation is 1. The third-order valence-electron chi connectivity index (χ3n) is 2.97. The fourth-order valence-electron chi connectivity index (χ4n) is 1.98. The van der Waals surface area contributed by atoms with E-state index in [0.29, 0.717) is 6.54 Å². The smallest absolute Gasteiger partial charge is 0.317 e. The molecule has 16 heavy (non-hydrogen) atoms. The van der Waals surface area contributed by atoms with Gasteiger partial charge in [-0.1, -0.05) is 0 Å². The van der Waals surface area contributed by atoms with E-state index < -0.39 is 0 Å². The van der Waals surface area contributed by atoms with Crippen LogP contribution in [0.15, 0.2) is 12.3 Å². The average Bonchev–Trinajstić information content (AvgIpc) is 2.90. The van der Waals surface area contributed by atoms with Gasteiger partial charge < -0.3 is 10.2 Å². The van der Waals surface area contributed by atoms with Gasteiger partial charge in [-0.15, -0.1) is 0 Å². The summed E-state index contributed by atoms with van der Waals surface area (Å²) in [6.45, 7) is 2.48. The quantitative estimate of drug-likeness (QED) is 0.821. The van der Waals surface area contributed by atoms with Crippen LogP contribution >= 0.6 is 0 Å². The molecule has 1 N–H and O–H groups in total. The molecule has 1 saturated heterocycles. The Morgan fingerprint density at radius 2 is 2.25 bits per heavy atom. The number of rotatable bonds is 3. The van der Waals surface area contributed by atoms with Crippen LogP contribution in [-0.4, -0.2) is 40.3 Å². The van der Waals surface area contributed by atoms with Crippen molar-refractivity contribution in [1.82, 2.24) is 20.0 Å². The largest absolute Gasteiger partial charge is 0.338 e. The predicted molar refractivity (Wildman–Crippen MR) is 61.1 cm³/mol. The number of hydrogen-bond acceptors (Lipinski definition) is 2. The minimum atomic E-state index is 0.0691. The van der Waals surface area contributed by atoms with E-state index in [2.05, 4.69) is 10.4 Å². The molecule has 0 saturated carbocycles. The van der Waals surface area contributed by atoms with Crippen LogP contribution < -0.4 is 5.32 Å². The Bertz CT molecular complexity index is 355. The molecule has 1 aliphatic rings. The number of urea groups is 1. The Kier molecular flexibility index (Phi) is 3.44. The molecule has 2 amide bonds. The molecule has 0 aromatic carbocycles. The zero-order chi connectivity index (χ0) is 11.4. The van der Waals surface area contributed by atoms with Crippen molar-refractivity contribution in [3.8, 4) is 0 Å². The highest BCUT2D eigenvalue weighted by Gasteiger charge is 2.16. The summed E-state index contributed by atoms with van der Waals surface area (Å²) in [5.41, 5.74) is 1.14. The summed E-state index contributed by atoms with van der Waals surface area (Å²) in [6.07, 6.45) is 4.87. The monoisotopic (exact) mass is 222 g/mol. The lowest BCUT2D eigenvalue weighted by Crippen LogP contribution is -2.38. The van der Waals surface area contributed by atoms with E-state index >= 15 is 0 Å². The summed E-state index contributed by atoms with van der Waals surface area (Å²) in [4.78, 5) is 13.5. The van der Waals surface area contributed by atoms with Gasteiger partial charge in [-0.3, -0.25) is 4.68 Å². The molecule has 5 nitrogen and oxygen atoms in total. The van der Waals surface area contributed by atoms with Crippen LogP contribution in [0.1, 0.15) is 18.5 Å². The minimum absolute atomic E-state index is 0.0691. The first-order chi connectivity index (χ1) is 7.77. The van der Waals surface area contributed by atoms with Gasteiger partial charge in [-0.05, 0) is 18.9 Å². The number of nitrogens with zero attached hydrogens (tertiary/aromatic N) is 3. The molecular weight excluding hydrogens is 204 g/mol. The van der Waals surface area contributed by atoms with Gasteiger partial charge in [0.2, 0.25) is 0 Å². The third-order valence-corrected chi connectivity index (χ3v) is 2.97. The molecule has 1 fully saturated rings. The van der Waals surface area contributed by atoms with Gasteiger partial charge in [0.15, 0.2) is 0 Å². The normalized spacial score (nSPS) is 15.4. The van der Waals surface area contributed by atoms with Crippen LogP contribution in [0.4, 0.5) is 4.79 Å². The Hall–Kier alpha value is -1.52. The van der Waals surface area contributed by atoms with Crippen molar-refractivity contribution in [1.29, 1.82) is 0 Å². The van der Waals surface area contributed by atoms with Gasteiger partial charge in [0.1, 0.15) is 0 Å². The highest BCUT2D eigenvalue weighted by atomic mass is 16.2. The van der Waals surface area contributed by atoms with Gasteiger partial charge in [-0.2, -0.15) is 5.10 Å². The average molecular weight is 222 g/mol. The Balaban J connectivity index is 1.71. The van der Waals surface area contributed by atoms with E-state index in [1.165, 1.54) is 0 Å². The molecule has 0 spiro atoms. The second kappa shape index (κ2) is 5.01. The van der Waals surface area contributed by atoms with Crippen LogP contribution in [-0.2, 0) is 13.5 Å². The summed E-state index contributed by atoms with van der Waals surface area (Å²) >= 11 is 0. The molecule has 0 radical (unpaired) electrons. The molecule has 1 aromatic heterocycles. The SMILES string of the molecule is Cn1nccc1CCNC(=O)N1CCCC1. The van der Waals surface area contributed by atoms with E-state index in [1.807, 2.05) is 22.7 Å². The van der Waals surface area contributed by atoms with Gasteiger partial charge in [0, 0.05) is 45.0 Å². The van der Waals surface area contributed by atoms with Crippen molar-refractivity contribution in [2.24, 2.45) is 7.05 Å². The number of carbonyl (C=O) groups is 1. The maximum atomic E-state index is 11.7. The van der Waals surface area contributed by atoms with Gasteiger partial charge in [-0.25, -0.2) is 4.79 Å². The Morgan fingerprint density at radius 1 is 1.50 bits per heavy atom. The lowest BCUT2D eigenvalue weighted by atomic mass is 10.3. The molecule has 2 rings (SSSR count). The van der Waals surface area contributed by atoms with Gasteiger partial charge >= 0.3 is 6.03 Å². The van der Waals surface area contributed by atoms with Crippen molar-refractivity contribution in [2.75, 3.05) is 19.6 Å². The van der Waals surface area contributed by atoms with Crippen molar-refractivity contribution in [3.05, 3.63) is 18.0 Å². The molecule has 1 aromatic rings. The second-order valence-corrected chi connectivity index (χ2v) is 4.12. The highest BCUT2D eigenvalue weighted by molar-refractivity contribution is 5.74. The van der Waals surface area contributed by atoms with Crippen LogP contribution in [0.3, 0.4) is 0 Å². The molecule has 0 bridgehead atoms. The first-order valence-corrected chi connectivity index (χ1v) is 5.77. The maximum absolute atomic E-state index is 11.7. The number of amides is 2. The summed E-state index contributed by atoms with van der Waals surface area (Å²) in [5, 5.41) is 7.02. The lowest BCUT2D eigenvalue weighted by molar-refractivity contribution is 0.209. The first-order valence-electron chi connectivity index (χ1n) is 5.77. The zero-order valence-corrected chi connectivity index (χ0v) is 9.65. The fraction of sp³-hybridized carbons (Fsp3) is 0.636. The third kappa shape index (κ3) is 2.53. The van der Waals surface area contributed by atoms with Crippen molar-refractivity contribution in [3.63, 3.8) is 0 Å². The summed E-state index contributed by atoms with van der Waals surface area (Å²) in [6, 6.07) is 2.04. The minimum Gasteiger partial charge on any atom is -0.338 e. The van der Waals surface area contributed by atoms with Gasteiger partial charge in [0.25, 0.3) is 0 Å². The molecule has 0 unspecified atom stereocenters. The van der Waals surface area contributed by atoms with E-state index in [1.54, 1.807) is 6.20 Å². The Labute approximate surface area is 95.4 Å². The topological polar surface area (TPSA) is 50.2 Å². The summed E-state index contributed by atoms with van der Waals surface area (Å²) in [5.74, 6) is 0. The number of carbonyl (C=O) groups excluding carboxylic acids is 1. The second-order valence-electron chi connectivity index (χ2n) is 4.12. The van der Waals surface area contributed by atoms with Crippen LogP contribution in [0.5, 0.6) is 0 Å². The number of likely N-dealkylation sites (tertiary alicyclic amines) is 1. The molecule has 0 atom stereocenters. The maximum Gasteiger partial charge on any atom is 0.317 e. The standard InChI is InChI=1S/C11H18N4O/c1-14-10(5-7-13-14)4-6-12-11(16)15-8-2-3-9-15/h5,7H,2-4,6,8-9H2,1H3,(H,12,16). The lowest BCUT2D eigenvalue weighted by Gasteiger charge is -2.15. The van der Waals surface area contributed by atoms with E-state index in [9.17, 15) is 4.79 Å². The molecular formula is C11H18N4O. The summed E-state index contributed by atoms with van der Waals surface area (Å²) in [7, 11) is 1.91.